The molecule has 1 saturated heterocycles. The molecule has 2 aromatic heterocycles. The van der Waals surface area contributed by atoms with Gasteiger partial charge in [0.15, 0.2) is 0 Å². The minimum atomic E-state index is 0.494. The van der Waals surface area contributed by atoms with E-state index >= 15 is 0 Å². The van der Waals surface area contributed by atoms with Crippen LogP contribution in [0.2, 0.25) is 0 Å². The number of rotatable bonds is 4. The van der Waals surface area contributed by atoms with E-state index in [1.165, 1.54) is 0 Å². The maximum atomic E-state index is 4.61. The van der Waals surface area contributed by atoms with Crippen LogP contribution in [0.5, 0.6) is 0 Å². The summed E-state index contributed by atoms with van der Waals surface area (Å²) in [7, 11) is 0. The predicted octanol–water partition coefficient (Wildman–Crippen LogP) is 2.13. The Balaban J connectivity index is 1.80. The maximum absolute atomic E-state index is 4.61. The second-order valence-electron chi connectivity index (χ2n) is 5.32. The Kier molecular flexibility index (Phi) is 4.06. The number of hydrogen-bond donors (Lipinski definition) is 1. The first kappa shape index (κ1) is 13.9. The molecule has 1 aliphatic heterocycles. The molecule has 1 aliphatic rings. The first-order chi connectivity index (χ1) is 10.2. The Morgan fingerprint density at radius 1 is 1.29 bits per heavy atom. The zero-order chi connectivity index (χ0) is 14.7. The van der Waals surface area contributed by atoms with Crippen LogP contribution in [0.3, 0.4) is 0 Å². The van der Waals surface area contributed by atoms with Crippen molar-refractivity contribution in [1.29, 1.82) is 0 Å². The van der Waals surface area contributed by atoms with Crippen LogP contribution in [0.15, 0.2) is 24.7 Å². The van der Waals surface area contributed by atoms with Crippen molar-refractivity contribution in [2.45, 2.75) is 26.2 Å². The summed E-state index contributed by atoms with van der Waals surface area (Å²) in [4.78, 5) is 19.8. The molecule has 0 amide bonds. The third kappa shape index (κ3) is 3.33. The number of aryl methyl sites for hydroxylation is 1. The monoisotopic (exact) mass is 284 g/mol. The minimum Gasteiger partial charge on any atom is -0.324 e. The molecular formula is C15H20N6. The molecule has 0 spiro atoms. The quantitative estimate of drug-likeness (QED) is 0.927. The Hall–Kier alpha value is -2.08. The van der Waals surface area contributed by atoms with Crippen LogP contribution in [0.25, 0.3) is 0 Å². The number of likely N-dealkylation sites (tertiary alicyclic amines) is 1. The van der Waals surface area contributed by atoms with Gasteiger partial charge in [-0.1, -0.05) is 6.92 Å². The Morgan fingerprint density at radius 2 is 2.19 bits per heavy atom. The first-order valence-corrected chi connectivity index (χ1v) is 7.35. The molecule has 2 aromatic rings. The van der Waals surface area contributed by atoms with Crippen LogP contribution in [-0.4, -0.2) is 44.5 Å². The van der Waals surface area contributed by atoms with E-state index in [-0.39, 0.29) is 0 Å². The average molecular weight is 284 g/mol. The molecule has 0 aromatic carbocycles. The zero-order valence-electron chi connectivity index (χ0n) is 12.5. The SMILES string of the molecule is CCN1CCC(c2cc(Nc3cnccn3)nc(C)n2)C1. The summed E-state index contributed by atoms with van der Waals surface area (Å²) in [6.45, 7) is 7.46. The van der Waals surface area contributed by atoms with Gasteiger partial charge in [0.1, 0.15) is 17.5 Å². The van der Waals surface area contributed by atoms with Crippen LogP contribution >= 0.6 is 0 Å². The van der Waals surface area contributed by atoms with Gasteiger partial charge in [0.25, 0.3) is 0 Å². The fraction of sp³-hybridized carbons (Fsp3) is 0.467. The molecule has 0 radical (unpaired) electrons. The third-order valence-electron chi connectivity index (χ3n) is 3.81. The van der Waals surface area contributed by atoms with Gasteiger partial charge < -0.3 is 10.2 Å². The highest BCUT2D eigenvalue weighted by atomic mass is 15.1. The Bertz CT molecular complexity index is 600. The van der Waals surface area contributed by atoms with Gasteiger partial charge in [-0.25, -0.2) is 15.0 Å². The Morgan fingerprint density at radius 3 is 2.90 bits per heavy atom. The lowest BCUT2D eigenvalue weighted by Crippen LogP contribution is -2.19. The molecular weight excluding hydrogens is 264 g/mol. The summed E-state index contributed by atoms with van der Waals surface area (Å²) in [5, 5.41) is 3.20. The lowest BCUT2D eigenvalue weighted by atomic mass is 10.0. The minimum absolute atomic E-state index is 0.494. The topological polar surface area (TPSA) is 66.8 Å². The van der Waals surface area contributed by atoms with Crippen LogP contribution in [0.4, 0.5) is 11.6 Å². The number of hydrogen-bond acceptors (Lipinski definition) is 6. The summed E-state index contributed by atoms with van der Waals surface area (Å²) in [5.74, 6) is 2.76. The van der Waals surface area contributed by atoms with E-state index in [1.807, 2.05) is 13.0 Å². The van der Waals surface area contributed by atoms with E-state index in [4.69, 9.17) is 0 Å². The summed E-state index contributed by atoms with van der Waals surface area (Å²) in [6, 6.07) is 2.03. The molecule has 1 unspecified atom stereocenters. The van der Waals surface area contributed by atoms with Gasteiger partial charge in [-0.05, 0) is 26.4 Å². The van der Waals surface area contributed by atoms with Crippen LogP contribution in [0, 0.1) is 6.92 Å². The molecule has 0 aliphatic carbocycles. The summed E-state index contributed by atoms with van der Waals surface area (Å²) in [5.41, 5.74) is 1.12. The molecule has 110 valence electrons. The van der Waals surface area contributed by atoms with Crippen molar-refractivity contribution in [1.82, 2.24) is 24.8 Å². The van der Waals surface area contributed by atoms with Gasteiger partial charge in [0.2, 0.25) is 0 Å². The van der Waals surface area contributed by atoms with Gasteiger partial charge >= 0.3 is 0 Å². The fourth-order valence-corrected chi connectivity index (χ4v) is 2.72. The molecule has 0 bridgehead atoms. The second kappa shape index (κ2) is 6.13. The summed E-state index contributed by atoms with van der Waals surface area (Å²) in [6.07, 6.45) is 6.16. The molecule has 6 nitrogen and oxygen atoms in total. The van der Waals surface area contributed by atoms with Crippen LogP contribution < -0.4 is 5.32 Å². The van der Waals surface area contributed by atoms with Gasteiger partial charge in [-0.15, -0.1) is 0 Å². The van der Waals surface area contributed by atoms with Crippen molar-refractivity contribution in [3.8, 4) is 0 Å². The molecule has 1 N–H and O–H groups in total. The van der Waals surface area contributed by atoms with E-state index < -0.39 is 0 Å². The Labute approximate surface area is 124 Å². The molecule has 1 fully saturated rings. The van der Waals surface area contributed by atoms with Crippen LogP contribution in [0.1, 0.15) is 30.8 Å². The standard InChI is InChI=1S/C15H20N6/c1-3-21-7-4-12(10-21)13-8-14(19-11(2)18-13)20-15-9-16-5-6-17-15/h5-6,8-9,12H,3-4,7,10H2,1-2H3,(H,17,18,19,20). The highest BCUT2D eigenvalue weighted by Crippen LogP contribution is 2.27. The highest BCUT2D eigenvalue weighted by Gasteiger charge is 2.24. The summed E-state index contributed by atoms with van der Waals surface area (Å²) < 4.78 is 0. The van der Waals surface area contributed by atoms with Crippen molar-refractivity contribution in [3.63, 3.8) is 0 Å². The van der Waals surface area contributed by atoms with Gasteiger partial charge in [0.05, 0.1) is 11.9 Å². The number of nitrogens with one attached hydrogen (secondary N) is 1. The van der Waals surface area contributed by atoms with E-state index in [9.17, 15) is 0 Å². The smallest absolute Gasteiger partial charge is 0.150 e. The van der Waals surface area contributed by atoms with Crippen LogP contribution in [-0.2, 0) is 0 Å². The molecule has 6 heteroatoms. The van der Waals surface area contributed by atoms with Gasteiger partial charge in [-0.2, -0.15) is 0 Å². The molecule has 3 rings (SSSR count). The van der Waals surface area contributed by atoms with E-state index in [1.54, 1.807) is 18.6 Å². The predicted molar refractivity (Wildman–Crippen MR) is 81.6 cm³/mol. The largest absolute Gasteiger partial charge is 0.324 e. The van der Waals surface area contributed by atoms with Gasteiger partial charge in [0, 0.05) is 30.9 Å². The number of nitrogens with zero attached hydrogens (tertiary/aromatic N) is 5. The molecule has 0 saturated carbocycles. The van der Waals surface area contributed by atoms with E-state index in [0.717, 1.165) is 43.4 Å². The zero-order valence-corrected chi connectivity index (χ0v) is 12.5. The lowest BCUT2D eigenvalue weighted by Gasteiger charge is -2.14. The number of aromatic nitrogens is 4. The van der Waals surface area contributed by atoms with Crippen molar-refractivity contribution < 1.29 is 0 Å². The second-order valence-corrected chi connectivity index (χ2v) is 5.32. The number of anilines is 2. The van der Waals surface area contributed by atoms with Crippen molar-refractivity contribution >= 4 is 11.6 Å². The van der Waals surface area contributed by atoms with Gasteiger partial charge in [-0.3, -0.25) is 4.98 Å². The van der Waals surface area contributed by atoms with E-state index in [2.05, 4.69) is 37.1 Å². The van der Waals surface area contributed by atoms with Crippen molar-refractivity contribution in [2.75, 3.05) is 25.0 Å². The van der Waals surface area contributed by atoms with Crippen molar-refractivity contribution in [3.05, 3.63) is 36.2 Å². The highest BCUT2D eigenvalue weighted by molar-refractivity contribution is 5.50. The first-order valence-electron chi connectivity index (χ1n) is 7.35. The third-order valence-corrected chi connectivity index (χ3v) is 3.81. The summed E-state index contributed by atoms with van der Waals surface area (Å²) >= 11 is 0. The maximum Gasteiger partial charge on any atom is 0.150 e. The molecule has 1 atom stereocenters. The number of likely N-dealkylation sites (N-methyl/N-ethyl adjacent to an activating group) is 1. The molecule has 21 heavy (non-hydrogen) atoms. The van der Waals surface area contributed by atoms with E-state index in [0.29, 0.717) is 11.7 Å². The lowest BCUT2D eigenvalue weighted by molar-refractivity contribution is 0.353. The average Bonchev–Trinajstić information content (AvgIpc) is 2.97. The fourth-order valence-electron chi connectivity index (χ4n) is 2.72. The normalized spacial score (nSPS) is 18.9. The van der Waals surface area contributed by atoms with Crippen molar-refractivity contribution in [2.24, 2.45) is 0 Å². The molecule has 3 heterocycles.